The average Bonchev–Trinajstić information content (AvgIpc) is 3.13. The van der Waals surface area contributed by atoms with Crippen LogP contribution in [0.3, 0.4) is 0 Å². The SMILES string of the molecule is C=C1C(=O)N(C2CC3C(C)C3C2)CCN1Cc1ccc(-c2ccccc2F)nn1. The number of benzene rings is 1. The molecule has 6 heteroatoms. The first kappa shape index (κ1) is 18.3. The van der Waals surface area contributed by atoms with Gasteiger partial charge in [0.15, 0.2) is 0 Å². The normalized spacial score (nSPS) is 28.6. The maximum absolute atomic E-state index is 13.9. The molecule has 5 nitrogen and oxygen atoms in total. The fourth-order valence-electron chi connectivity index (χ4n) is 5.14. The van der Waals surface area contributed by atoms with Crippen LogP contribution in [0.25, 0.3) is 11.3 Å². The number of carbonyl (C=O) groups excluding carboxylic acids is 1. The molecule has 150 valence electrons. The maximum atomic E-state index is 13.9. The van der Waals surface area contributed by atoms with E-state index in [2.05, 4.69) is 23.7 Å². The summed E-state index contributed by atoms with van der Waals surface area (Å²) < 4.78 is 13.9. The lowest BCUT2D eigenvalue weighted by atomic mass is 10.0. The number of halogens is 1. The summed E-state index contributed by atoms with van der Waals surface area (Å²) in [5.74, 6) is 2.22. The molecule has 1 aromatic carbocycles. The molecule has 2 aromatic rings. The van der Waals surface area contributed by atoms with Gasteiger partial charge in [0.25, 0.3) is 5.91 Å². The van der Waals surface area contributed by atoms with Crippen LogP contribution in [0.4, 0.5) is 4.39 Å². The highest BCUT2D eigenvalue weighted by molar-refractivity contribution is 5.93. The highest BCUT2D eigenvalue weighted by Gasteiger charge is 2.55. The van der Waals surface area contributed by atoms with Crippen LogP contribution in [0.5, 0.6) is 0 Å². The Morgan fingerprint density at radius 1 is 1.10 bits per heavy atom. The van der Waals surface area contributed by atoms with E-state index in [-0.39, 0.29) is 11.7 Å². The molecule has 0 N–H and O–H groups in total. The topological polar surface area (TPSA) is 49.3 Å². The van der Waals surface area contributed by atoms with Crippen molar-refractivity contribution in [3.05, 3.63) is 60.2 Å². The molecule has 2 unspecified atom stereocenters. The summed E-state index contributed by atoms with van der Waals surface area (Å²) >= 11 is 0. The average molecular weight is 392 g/mol. The molecule has 1 aromatic heterocycles. The van der Waals surface area contributed by atoms with Crippen LogP contribution in [0, 0.1) is 23.6 Å². The number of rotatable bonds is 4. The maximum Gasteiger partial charge on any atom is 0.269 e. The predicted molar refractivity (Wildman–Crippen MR) is 108 cm³/mol. The Bertz CT molecular complexity index is 948. The first-order valence-corrected chi connectivity index (χ1v) is 10.3. The van der Waals surface area contributed by atoms with Gasteiger partial charge >= 0.3 is 0 Å². The number of carbonyl (C=O) groups is 1. The fourth-order valence-corrected chi connectivity index (χ4v) is 5.14. The van der Waals surface area contributed by atoms with Gasteiger partial charge in [-0.15, -0.1) is 0 Å². The van der Waals surface area contributed by atoms with Crippen molar-refractivity contribution < 1.29 is 9.18 Å². The number of nitrogens with zero attached hydrogens (tertiary/aromatic N) is 4. The third-order valence-corrected chi connectivity index (χ3v) is 7.01. The smallest absolute Gasteiger partial charge is 0.269 e. The lowest BCUT2D eigenvalue weighted by Crippen LogP contribution is -2.51. The molecule has 0 spiro atoms. The van der Waals surface area contributed by atoms with Gasteiger partial charge in [0, 0.05) is 24.7 Å². The highest BCUT2D eigenvalue weighted by Crippen LogP contribution is 2.58. The summed E-state index contributed by atoms with van der Waals surface area (Å²) in [5.41, 5.74) is 2.21. The number of hydrogen-bond donors (Lipinski definition) is 0. The van der Waals surface area contributed by atoms with Crippen molar-refractivity contribution in [1.82, 2.24) is 20.0 Å². The van der Waals surface area contributed by atoms with Crippen molar-refractivity contribution in [3.63, 3.8) is 0 Å². The van der Waals surface area contributed by atoms with Gasteiger partial charge < -0.3 is 9.80 Å². The van der Waals surface area contributed by atoms with E-state index in [4.69, 9.17) is 0 Å². The quantitative estimate of drug-likeness (QED) is 0.748. The Balaban J connectivity index is 1.23. The van der Waals surface area contributed by atoms with E-state index < -0.39 is 0 Å². The van der Waals surface area contributed by atoms with E-state index in [0.29, 0.717) is 29.5 Å². The molecule has 0 radical (unpaired) electrons. The Kier molecular flexibility index (Phi) is 4.37. The molecule has 1 amide bonds. The molecule has 5 rings (SSSR count). The van der Waals surface area contributed by atoms with Crippen molar-refractivity contribution in [2.24, 2.45) is 17.8 Å². The molecular weight excluding hydrogens is 367 g/mol. The van der Waals surface area contributed by atoms with Crippen LogP contribution in [-0.4, -0.2) is 45.0 Å². The fraction of sp³-hybridized carbons (Fsp3) is 0.435. The second-order valence-electron chi connectivity index (χ2n) is 8.57. The lowest BCUT2D eigenvalue weighted by molar-refractivity contribution is -0.134. The summed E-state index contributed by atoms with van der Waals surface area (Å²) in [5, 5.41) is 8.42. The minimum atomic E-state index is -0.316. The van der Waals surface area contributed by atoms with Gasteiger partial charge in [-0.05, 0) is 54.9 Å². The van der Waals surface area contributed by atoms with Gasteiger partial charge in [-0.3, -0.25) is 4.79 Å². The zero-order valence-corrected chi connectivity index (χ0v) is 16.6. The Hall–Kier alpha value is -2.76. The number of aromatic nitrogens is 2. The summed E-state index contributed by atoms with van der Waals surface area (Å²) in [7, 11) is 0. The van der Waals surface area contributed by atoms with E-state index in [9.17, 15) is 9.18 Å². The number of piperazine rings is 1. The monoisotopic (exact) mass is 392 g/mol. The first-order chi connectivity index (χ1) is 14.0. The van der Waals surface area contributed by atoms with Crippen LogP contribution in [0.15, 0.2) is 48.7 Å². The van der Waals surface area contributed by atoms with Crippen LogP contribution in [0.2, 0.25) is 0 Å². The van der Waals surface area contributed by atoms with Gasteiger partial charge in [0.1, 0.15) is 5.82 Å². The molecule has 29 heavy (non-hydrogen) atoms. The minimum absolute atomic E-state index is 0.0474. The predicted octanol–water partition coefficient (Wildman–Crippen LogP) is 3.49. The van der Waals surface area contributed by atoms with E-state index >= 15 is 0 Å². The molecule has 2 saturated carbocycles. The summed E-state index contributed by atoms with van der Waals surface area (Å²) in [6.45, 7) is 8.34. The Labute approximate surface area is 170 Å². The Morgan fingerprint density at radius 3 is 2.55 bits per heavy atom. The standard InChI is InChI=1S/C23H25FN4O/c1-14-19-11-17(12-20(14)19)28-10-9-27(15(2)23(28)29)13-16-7-8-22(26-25-16)18-5-3-4-6-21(18)24/h3-8,14,17,19-20H,2,9-13H2,1H3. The van der Waals surface area contributed by atoms with Crippen LogP contribution in [-0.2, 0) is 11.3 Å². The Morgan fingerprint density at radius 2 is 1.86 bits per heavy atom. The van der Waals surface area contributed by atoms with Gasteiger partial charge in [0.2, 0.25) is 0 Å². The first-order valence-electron chi connectivity index (χ1n) is 10.3. The summed E-state index contributed by atoms with van der Waals surface area (Å²) in [4.78, 5) is 16.9. The summed E-state index contributed by atoms with van der Waals surface area (Å²) in [6, 6.07) is 10.5. The third-order valence-electron chi connectivity index (χ3n) is 7.01. The molecule has 2 atom stereocenters. The number of amides is 1. The largest absolute Gasteiger partial charge is 0.360 e. The van der Waals surface area contributed by atoms with Gasteiger partial charge in [-0.25, -0.2) is 4.39 Å². The van der Waals surface area contributed by atoms with Crippen LogP contribution >= 0.6 is 0 Å². The number of hydrogen-bond acceptors (Lipinski definition) is 4. The van der Waals surface area contributed by atoms with Crippen LogP contribution < -0.4 is 0 Å². The van der Waals surface area contributed by atoms with E-state index in [0.717, 1.165) is 49.4 Å². The zero-order chi connectivity index (χ0) is 20.1. The van der Waals surface area contributed by atoms with E-state index in [1.807, 2.05) is 15.9 Å². The van der Waals surface area contributed by atoms with Gasteiger partial charge in [-0.2, -0.15) is 10.2 Å². The zero-order valence-electron chi connectivity index (χ0n) is 16.6. The molecule has 1 aliphatic heterocycles. The van der Waals surface area contributed by atoms with Gasteiger partial charge in [0.05, 0.1) is 23.6 Å². The summed E-state index contributed by atoms with van der Waals surface area (Å²) in [6.07, 6.45) is 2.29. The van der Waals surface area contributed by atoms with Gasteiger partial charge in [-0.1, -0.05) is 25.6 Å². The molecule has 2 aliphatic carbocycles. The van der Waals surface area contributed by atoms with E-state index in [1.165, 1.54) is 6.07 Å². The molecule has 3 aliphatic rings. The molecule has 0 bridgehead atoms. The molecular formula is C23H25FN4O. The van der Waals surface area contributed by atoms with Crippen LogP contribution in [0.1, 0.15) is 25.5 Å². The van der Waals surface area contributed by atoms with Crippen molar-refractivity contribution in [1.29, 1.82) is 0 Å². The lowest BCUT2D eigenvalue weighted by Gasteiger charge is -2.40. The van der Waals surface area contributed by atoms with E-state index in [1.54, 1.807) is 24.3 Å². The molecule has 2 heterocycles. The second kappa shape index (κ2) is 6.94. The van der Waals surface area contributed by atoms with Crippen molar-refractivity contribution in [2.45, 2.75) is 32.4 Å². The van der Waals surface area contributed by atoms with Crippen molar-refractivity contribution >= 4 is 5.91 Å². The minimum Gasteiger partial charge on any atom is -0.360 e. The second-order valence-corrected chi connectivity index (χ2v) is 8.57. The van der Waals surface area contributed by atoms with Crippen molar-refractivity contribution in [2.75, 3.05) is 13.1 Å². The molecule has 3 fully saturated rings. The highest BCUT2D eigenvalue weighted by atomic mass is 19.1. The number of fused-ring (bicyclic) bond motifs is 1. The molecule has 1 saturated heterocycles. The van der Waals surface area contributed by atoms with Crippen molar-refractivity contribution in [3.8, 4) is 11.3 Å². The third kappa shape index (κ3) is 3.20.